The van der Waals surface area contributed by atoms with E-state index in [0.717, 1.165) is 31.3 Å². The van der Waals surface area contributed by atoms with Gasteiger partial charge in [0.15, 0.2) is 0 Å². The molecule has 1 aromatic heterocycles. The van der Waals surface area contributed by atoms with Crippen molar-refractivity contribution in [2.24, 2.45) is 0 Å². The SMILES string of the molecule is CC(c1nc(CC(=O)O)cs1)N1CCOCC1. The summed E-state index contributed by atoms with van der Waals surface area (Å²) in [6.45, 7) is 5.45. The normalized spacial score (nSPS) is 19.1. The second-order valence-electron chi connectivity index (χ2n) is 4.07. The lowest BCUT2D eigenvalue weighted by atomic mass is 10.2. The van der Waals surface area contributed by atoms with Gasteiger partial charge in [-0.3, -0.25) is 9.69 Å². The molecule has 5 nitrogen and oxygen atoms in total. The number of carboxylic acid groups (broad SMARTS) is 1. The Balaban J connectivity index is 2.00. The van der Waals surface area contributed by atoms with Gasteiger partial charge < -0.3 is 9.84 Å². The molecule has 1 N–H and O–H groups in total. The molecule has 6 heteroatoms. The molecule has 1 atom stereocenters. The van der Waals surface area contributed by atoms with E-state index in [-0.39, 0.29) is 12.5 Å². The van der Waals surface area contributed by atoms with Crippen LogP contribution >= 0.6 is 11.3 Å². The van der Waals surface area contributed by atoms with Crippen molar-refractivity contribution >= 4 is 17.3 Å². The molecule has 0 bridgehead atoms. The van der Waals surface area contributed by atoms with Crippen LogP contribution in [-0.4, -0.2) is 47.3 Å². The summed E-state index contributed by atoms with van der Waals surface area (Å²) in [6.07, 6.45) is 0.00628. The number of ether oxygens (including phenoxy) is 1. The Morgan fingerprint density at radius 1 is 1.65 bits per heavy atom. The highest BCUT2D eigenvalue weighted by Crippen LogP contribution is 2.24. The average molecular weight is 256 g/mol. The number of rotatable bonds is 4. The van der Waals surface area contributed by atoms with E-state index in [2.05, 4.69) is 16.8 Å². The van der Waals surface area contributed by atoms with E-state index < -0.39 is 5.97 Å². The number of aromatic nitrogens is 1. The minimum Gasteiger partial charge on any atom is -0.481 e. The predicted molar refractivity (Wildman–Crippen MR) is 64.3 cm³/mol. The van der Waals surface area contributed by atoms with Crippen molar-refractivity contribution in [3.63, 3.8) is 0 Å². The van der Waals surface area contributed by atoms with Crippen molar-refractivity contribution < 1.29 is 14.6 Å². The largest absolute Gasteiger partial charge is 0.481 e. The van der Waals surface area contributed by atoms with Gasteiger partial charge in [0.2, 0.25) is 0 Å². The third-order valence-electron chi connectivity index (χ3n) is 2.85. The number of hydrogen-bond acceptors (Lipinski definition) is 5. The number of carboxylic acids is 1. The fraction of sp³-hybridized carbons (Fsp3) is 0.636. The van der Waals surface area contributed by atoms with Crippen LogP contribution in [0.15, 0.2) is 5.38 Å². The van der Waals surface area contributed by atoms with Gasteiger partial charge in [0, 0.05) is 18.5 Å². The second-order valence-corrected chi connectivity index (χ2v) is 4.96. The van der Waals surface area contributed by atoms with Crippen LogP contribution in [0.1, 0.15) is 23.7 Å². The van der Waals surface area contributed by atoms with Crippen molar-refractivity contribution in [1.82, 2.24) is 9.88 Å². The molecule has 2 rings (SSSR count). The van der Waals surface area contributed by atoms with Gasteiger partial charge >= 0.3 is 5.97 Å². The molecule has 0 spiro atoms. The Morgan fingerprint density at radius 2 is 2.35 bits per heavy atom. The zero-order valence-corrected chi connectivity index (χ0v) is 10.6. The van der Waals surface area contributed by atoms with E-state index in [1.165, 1.54) is 11.3 Å². The second kappa shape index (κ2) is 5.57. The maximum Gasteiger partial charge on any atom is 0.309 e. The molecule has 0 amide bonds. The smallest absolute Gasteiger partial charge is 0.309 e. The number of thiazole rings is 1. The number of hydrogen-bond donors (Lipinski definition) is 1. The molecule has 2 heterocycles. The molecule has 0 radical (unpaired) electrons. The van der Waals surface area contributed by atoms with E-state index in [9.17, 15) is 4.79 Å². The third kappa shape index (κ3) is 3.24. The van der Waals surface area contributed by atoms with Crippen LogP contribution in [0.2, 0.25) is 0 Å². The van der Waals surface area contributed by atoms with Crippen LogP contribution in [0.3, 0.4) is 0 Å². The quantitative estimate of drug-likeness (QED) is 0.876. The lowest BCUT2D eigenvalue weighted by Crippen LogP contribution is -2.38. The topological polar surface area (TPSA) is 62.7 Å². The summed E-state index contributed by atoms with van der Waals surface area (Å²) < 4.78 is 5.31. The maximum absolute atomic E-state index is 10.6. The molecule has 1 fully saturated rings. The highest BCUT2D eigenvalue weighted by Gasteiger charge is 2.21. The molecule has 1 saturated heterocycles. The minimum atomic E-state index is -0.833. The molecule has 0 aromatic carbocycles. The number of morpholine rings is 1. The van der Waals surface area contributed by atoms with Crippen LogP contribution in [-0.2, 0) is 16.0 Å². The lowest BCUT2D eigenvalue weighted by molar-refractivity contribution is -0.136. The van der Waals surface area contributed by atoms with E-state index >= 15 is 0 Å². The first kappa shape index (κ1) is 12.5. The van der Waals surface area contributed by atoms with Gasteiger partial charge in [-0.2, -0.15) is 0 Å². The van der Waals surface area contributed by atoms with E-state index in [1.807, 2.05) is 5.38 Å². The summed E-state index contributed by atoms with van der Waals surface area (Å²) in [6, 6.07) is 0.242. The van der Waals surface area contributed by atoms with Gasteiger partial charge in [-0.05, 0) is 6.92 Å². The number of carbonyl (C=O) groups is 1. The molecule has 1 aromatic rings. The van der Waals surface area contributed by atoms with E-state index in [1.54, 1.807) is 0 Å². The average Bonchev–Trinajstić information content (AvgIpc) is 2.77. The highest BCUT2D eigenvalue weighted by molar-refractivity contribution is 7.09. The highest BCUT2D eigenvalue weighted by atomic mass is 32.1. The van der Waals surface area contributed by atoms with Gasteiger partial charge in [0.05, 0.1) is 31.4 Å². The van der Waals surface area contributed by atoms with Crippen LogP contribution < -0.4 is 0 Å². The Hall–Kier alpha value is -0.980. The lowest BCUT2D eigenvalue weighted by Gasteiger charge is -2.31. The van der Waals surface area contributed by atoms with Crippen LogP contribution in [0.25, 0.3) is 0 Å². The molecule has 0 saturated carbocycles. The Bertz CT molecular complexity index is 388. The van der Waals surface area contributed by atoms with Crippen molar-refractivity contribution in [2.75, 3.05) is 26.3 Å². The fourth-order valence-corrected chi connectivity index (χ4v) is 2.78. The summed E-state index contributed by atoms with van der Waals surface area (Å²) in [5.41, 5.74) is 0.651. The molecule has 1 unspecified atom stereocenters. The monoisotopic (exact) mass is 256 g/mol. The van der Waals surface area contributed by atoms with Crippen molar-refractivity contribution in [2.45, 2.75) is 19.4 Å². The first-order chi connectivity index (χ1) is 8.16. The molecule has 1 aliphatic heterocycles. The van der Waals surface area contributed by atoms with Crippen molar-refractivity contribution in [1.29, 1.82) is 0 Å². The minimum absolute atomic E-state index is 0.00628. The summed E-state index contributed by atoms with van der Waals surface area (Å²) >= 11 is 1.54. The first-order valence-electron chi connectivity index (χ1n) is 5.64. The van der Waals surface area contributed by atoms with Crippen molar-refractivity contribution in [3.8, 4) is 0 Å². The van der Waals surface area contributed by atoms with Crippen LogP contribution in [0, 0.1) is 0 Å². The summed E-state index contributed by atoms with van der Waals surface area (Å²) in [5.74, 6) is -0.833. The molecule has 94 valence electrons. The van der Waals surface area contributed by atoms with E-state index in [0.29, 0.717) is 5.69 Å². The van der Waals surface area contributed by atoms with Gasteiger partial charge in [-0.25, -0.2) is 4.98 Å². The number of aliphatic carboxylic acids is 1. The predicted octanol–water partition coefficient (Wildman–Crippen LogP) is 1.16. The third-order valence-corrected chi connectivity index (χ3v) is 3.92. The standard InChI is InChI=1S/C11H16N2O3S/c1-8(13-2-4-16-5-3-13)11-12-9(7-17-11)6-10(14)15/h7-8H,2-6H2,1H3,(H,14,15). The summed E-state index contributed by atoms with van der Waals surface area (Å²) in [5, 5.41) is 11.5. The Morgan fingerprint density at radius 3 is 3.00 bits per heavy atom. The number of nitrogens with zero attached hydrogens (tertiary/aromatic N) is 2. The fourth-order valence-electron chi connectivity index (χ4n) is 1.87. The summed E-state index contributed by atoms with van der Waals surface area (Å²) in [7, 11) is 0. The molecule has 17 heavy (non-hydrogen) atoms. The van der Waals surface area contributed by atoms with Crippen LogP contribution in [0.4, 0.5) is 0 Å². The van der Waals surface area contributed by atoms with Crippen LogP contribution in [0.5, 0.6) is 0 Å². The Kier molecular flexibility index (Phi) is 4.09. The summed E-state index contributed by atoms with van der Waals surface area (Å²) in [4.78, 5) is 17.3. The molecule has 1 aliphatic rings. The zero-order chi connectivity index (χ0) is 12.3. The first-order valence-corrected chi connectivity index (χ1v) is 6.52. The van der Waals surface area contributed by atoms with Gasteiger partial charge in [0.25, 0.3) is 0 Å². The van der Waals surface area contributed by atoms with Gasteiger partial charge in [0.1, 0.15) is 5.01 Å². The van der Waals surface area contributed by atoms with E-state index in [4.69, 9.17) is 9.84 Å². The molecular formula is C11H16N2O3S. The Labute approximate surface area is 104 Å². The van der Waals surface area contributed by atoms with Crippen molar-refractivity contribution in [3.05, 3.63) is 16.1 Å². The maximum atomic E-state index is 10.6. The zero-order valence-electron chi connectivity index (χ0n) is 9.76. The molecule has 0 aliphatic carbocycles. The van der Waals surface area contributed by atoms with Gasteiger partial charge in [-0.1, -0.05) is 0 Å². The molecular weight excluding hydrogens is 240 g/mol. The van der Waals surface area contributed by atoms with Gasteiger partial charge in [-0.15, -0.1) is 11.3 Å².